The number of aliphatic imine (C=N–C) groups is 1. The smallest absolute Gasteiger partial charge is 0.132 e. The van der Waals surface area contributed by atoms with E-state index in [0.717, 1.165) is 106 Å². The second kappa shape index (κ2) is 15.4. The Morgan fingerprint density at radius 2 is 1.86 bits per heavy atom. The van der Waals surface area contributed by atoms with Gasteiger partial charge in [0.05, 0.1) is 0 Å². The minimum absolute atomic E-state index is 0.199. The third kappa shape index (κ3) is 8.50. The Bertz CT molecular complexity index is 1230. The van der Waals surface area contributed by atoms with Gasteiger partial charge in [0.2, 0.25) is 0 Å². The number of allylic oxidation sites excluding steroid dienone is 5. The number of nitrogens with zero attached hydrogens (tertiary/aromatic N) is 2. The van der Waals surface area contributed by atoms with Gasteiger partial charge in [0.1, 0.15) is 29.1 Å². The average molecular weight is 587 g/mol. The zero-order valence-electron chi connectivity index (χ0n) is 27.2. The number of likely N-dealkylation sites (tertiary alicyclic amines) is 1. The van der Waals surface area contributed by atoms with Gasteiger partial charge in [-0.1, -0.05) is 32.4 Å². The number of fused-ring (bicyclic) bond motifs is 1. The van der Waals surface area contributed by atoms with E-state index in [1.165, 1.54) is 54.5 Å². The van der Waals surface area contributed by atoms with Crippen molar-refractivity contribution >= 4 is 11.5 Å². The fraction of sp³-hybridized carbons (Fsp3) is 0.632. The SMILES string of the molecule is C/C=C(\C=C/C(Oc1ccc2c(c1)OC(CN1CCC(C3CCCC(=O)CC3)CC1)C2)=C(C)CC)C1=NCC(CC)CC1. The minimum atomic E-state index is 0.199. The van der Waals surface area contributed by atoms with Crippen molar-refractivity contribution < 1.29 is 14.3 Å². The number of carbonyl (C=O) groups is 1. The first-order chi connectivity index (χ1) is 20.9. The summed E-state index contributed by atoms with van der Waals surface area (Å²) < 4.78 is 13.0. The summed E-state index contributed by atoms with van der Waals surface area (Å²) in [5.41, 5.74) is 4.93. The van der Waals surface area contributed by atoms with Crippen molar-refractivity contribution in [1.29, 1.82) is 0 Å². The Morgan fingerprint density at radius 1 is 1.05 bits per heavy atom. The molecule has 3 aliphatic heterocycles. The standard InChI is InChI=1S/C38H54N2O3/c1-5-27(4)37(18-14-29(7-3)36-17-11-28(6-2)25-39-36)42-34-16-13-32-23-35(43-38(32)24-34)26-40-21-19-31(20-22-40)30-9-8-10-33(41)15-12-30/h7,13-14,16,18,24,28,30-31,35H,5-6,8-12,15,17,19-23,25-26H2,1-4H3/b18-14-,29-7+,37-27?. The van der Waals surface area contributed by atoms with Crippen LogP contribution in [0.5, 0.6) is 11.5 Å². The van der Waals surface area contributed by atoms with Crippen LogP contribution in [0.15, 0.2) is 58.3 Å². The van der Waals surface area contributed by atoms with Gasteiger partial charge in [-0.2, -0.15) is 0 Å². The van der Waals surface area contributed by atoms with E-state index in [4.69, 9.17) is 14.5 Å². The van der Waals surface area contributed by atoms with Crippen molar-refractivity contribution in [2.45, 2.75) is 111 Å². The van der Waals surface area contributed by atoms with E-state index < -0.39 is 0 Å². The first-order valence-corrected chi connectivity index (χ1v) is 17.2. The van der Waals surface area contributed by atoms with Crippen LogP contribution in [0.25, 0.3) is 0 Å². The molecule has 1 saturated heterocycles. The van der Waals surface area contributed by atoms with E-state index in [0.29, 0.717) is 5.78 Å². The molecule has 3 atom stereocenters. The molecule has 0 bridgehead atoms. The summed E-state index contributed by atoms with van der Waals surface area (Å²) >= 11 is 0. The minimum Gasteiger partial charge on any atom is -0.488 e. The van der Waals surface area contributed by atoms with Crippen molar-refractivity contribution in [3.63, 3.8) is 0 Å². The Kier molecular flexibility index (Phi) is 11.3. The monoisotopic (exact) mass is 586 g/mol. The zero-order chi connectivity index (χ0) is 30.2. The lowest BCUT2D eigenvalue weighted by molar-refractivity contribution is -0.119. The Morgan fingerprint density at radius 3 is 2.58 bits per heavy atom. The number of carbonyl (C=O) groups excluding carboxylic acids is 1. The van der Waals surface area contributed by atoms with Crippen LogP contribution in [0.1, 0.15) is 104 Å². The molecule has 0 aromatic heterocycles. The van der Waals surface area contributed by atoms with E-state index in [1.807, 2.05) is 0 Å². The molecule has 0 N–H and O–H groups in total. The highest BCUT2D eigenvalue weighted by Gasteiger charge is 2.31. The Hall–Kier alpha value is -2.66. The zero-order valence-corrected chi connectivity index (χ0v) is 27.2. The molecule has 1 aromatic rings. The lowest BCUT2D eigenvalue weighted by Crippen LogP contribution is -2.41. The highest BCUT2D eigenvalue weighted by molar-refractivity contribution is 6.02. The summed E-state index contributed by atoms with van der Waals surface area (Å²) in [5.74, 6) is 5.45. The van der Waals surface area contributed by atoms with Crippen molar-refractivity contribution in [1.82, 2.24) is 4.90 Å². The van der Waals surface area contributed by atoms with Crippen LogP contribution in [-0.2, 0) is 11.2 Å². The third-order valence-corrected chi connectivity index (χ3v) is 10.5. The van der Waals surface area contributed by atoms with Gasteiger partial charge < -0.3 is 9.47 Å². The topological polar surface area (TPSA) is 51.1 Å². The average Bonchev–Trinajstić information content (AvgIpc) is 3.30. The molecule has 3 heterocycles. The molecule has 5 heteroatoms. The highest BCUT2D eigenvalue weighted by atomic mass is 16.5. The van der Waals surface area contributed by atoms with E-state index >= 15 is 0 Å². The van der Waals surface area contributed by atoms with Gasteiger partial charge in [0.15, 0.2) is 0 Å². The number of rotatable bonds is 10. The van der Waals surface area contributed by atoms with Gasteiger partial charge in [0, 0.05) is 44.1 Å². The van der Waals surface area contributed by atoms with E-state index in [9.17, 15) is 4.79 Å². The van der Waals surface area contributed by atoms with Crippen LogP contribution in [-0.4, -0.2) is 48.7 Å². The molecule has 1 aromatic carbocycles. The Balaban J connectivity index is 1.15. The van der Waals surface area contributed by atoms with Crippen LogP contribution in [0.3, 0.4) is 0 Å². The summed E-state index contributed by atoms with van der Waals surface area (Å²) in [7, 11) is 0. The highest BCUT2D eigenvalue weighted by Crippen LogP contribution is 2.36. The summed E-state index contributed by atoms with van der Waals surface area (Å²) in [4.78, 5) is 19.4. The second-order valence-corrected chi connectivity index (χ2v) is 13.4. The number of benzene rings is 1. The van der Waals surface area contributed by atoms with Crippen molar-refractivity contribution in [3.8, 4) is 11.5 Å². The quantitative estimate of drug-likeness (QED) is 0.156. The number of ether oxygens (including phenoxy) is 2. The largest absolute Gasteiger partial charge is 0.488 e. The fourth-order valence-electron chi connectivity index (χ4n) is 7.40. The third-order valence-electron chi connectivity index (χ3n) is 10.5. The normalized spacial score (nSPS) is 26.5. The maximum absolute atomic E-state index is 11.9. The molecular weight excluding hydrogens is 532 g/mol. The molecule has 4 aliphatic rings. The summed E-state index contributed by atoms with van der Waals surface area (Å²) in [5, 5.41) is 0. The lowest BCUT2D eigenvalue weighted by Gasteiger charge is -2.36. The number of hydrogen-bond donors (Lipinski definition) is 0. The van der Waals surface area contributed by atoms with Gasteiger partial charge in [-0.05, 0) is 131 Å². The molecule has 5 rings (SSSR count). The summed E-state index contributed by atoms with van der Waals surface area (Å²) in [6, 6.07) is 6.36. The predicted octanol–water partition coefficient (Wildman–Crippen LogP) is 8.68. The van der Waals surface area contributed by atoms with Gasteiger partial charge in [0.25, 0.3) is 0 Å². The van der Waals surface area contributed by atoms with Crippen molar-refractivity contribution in [2.75, 3.05) is 26.2 Å². The summed E-state index contributed by atoms with van der Waals surface area (Å²) in [6.45, 7) is 12.9. The van der Waals surface area contributed by atoms with Crippen molar-refractivity contribution in [2.24, 2.45) is 22.7 Å². The van der Waals surface area contributed by atoms with Crippen LogP contribution in [0.2, 0.25) is 0 Å². The predicted molar refractivity (Wildman–Crippen MR) is 177 cm³/mol. The first-order valence-electron chi connectivity index (χ1n) is 17.2. The molecule has 1 saturated carbocycles. The number of hydrogen-bond acceptors (Lipinski definition) is 5. The molecule has 0 spiro atoms. The van der Waals surface area contributed by atoms with Crippen LogP contribution < -0.4 is 9.47 Å². The van der Waals surface area contributed by atoms with Gasteiger partial charge in [-0.25, -0.2) is 0 Å². The van der Waals surface area contributed by atoms with E-state index in [-0.39, 0.29) is 6.10 Å². The van der Waals surface area contributed by atoms with E-state index in [2.05, 4.69) is 69.0 Å². The van der Waals surface area contributed by atoms with Crippen LogP contribution >= 0.6 is 0 Å². The molecule has 3 unspecified atom stereocenters. The molecule has 0 amide bonds. The van der Waals surface area contributed by atoms with Crippen molar-refractivity contribution in [3.05, 3.63) is 58.9 Å². The summed E-state index contributed by atoms with van der Waals surface area (Å²) in [6.07, 6.45) is 19.7. The maximum Gasteiger partial charge on any atom is 0.132 e. The van der Waals surface area contributed by atoms with Gasteiger partial charge >= 0.3 is 0 Å². The maximum atomic E-state index is 11.9. The number of ketones is 1. The van der Waals surface area contributed by atoms with Crippen LogP contribution in [0.4, 0.5) is 0 Å². The number of piperidine rings is 1. The number of Topliss-reactive ketones (excluding diaryl/α,β-unsaturated/α-hetero) is 1. The first kappa shape index (κ1) is 31.8. The second-order valence-electron chi connectivity index (χ2n) is 13.4. The molecular formula is C38H54N2O3. The molecule has 234 valence electrons. The fourth-order valence-corrected chi connectivity index (χ4v) is 7.40. The molecule has 2 fully saturated rings. The van der Waals surface area contributed by atoms with Gasteiger partial charge in [-0.3, -0.25) is 14.7 Å². The molecule has 5 nitrogen and oxygen atoms in total. The molecule has 0 radical (unpaired) electrons. The molecule has 43 heavy (non-hydrogen) atoms. The van der Waals surface area contributed by atoms with Gasteiger partial charge in [-0.15, -0.1) is 0 Å². The molecule has 1 aliphatic carbocycles. The lowest BCUT2D eigenvalue weighted by atomic mass is 9.80. The Labute approximate surface area is 260 Å². The van der Waals surface area contributed by atoms with Crippen LogP contribution in [0, 0.1) is 17.8 Å². The van der Waals surface area contributed by atoms with E-state index in [1.54, 1.807) is 0 Å².